The zero-order valence-corrected chi connectivity index (χ0v) is 13.1. The molecule has 0 spiro atoms. The van der Waals surface area contributed by atoms with Gasteiger partial charge in [-0.15, -0.1) is 0 Å². The standard InChI is InChI=1S/C11H12FIN2O7/c12-5-8(13)15(11(21)14-9(5)20)10-7(19)6(18)3(22-10)1-2-4(16)17/h3,6-7,10,18-19H,1-2H2,(H,16,17)(H,14,20,21)/t3-,6?,7?,10-/m0/s1. The molecule has 11 heteroatoms. The van der Waals surface area contributed by atoms with Crippen LogP contribution in [0.15, 0.2) is 9.59 Å². The number of H-pyrrole nitrogens is 1. The van der Waals surface area contributed by atoms with E-state index >= 15 is 0 Å². The molecule has 1 aliphatic rings. The fourth-order valence-corrected chi connectivity index (χ4v) is 2.91. The van der Waals surface area contributed by atoms with E-state index in [0.29, 0.717) is 4.57 Å². The maximum Gasteiger partial charge on any atom is 0.331 e. The van der Waals surface area contributed by atoms with Crippen LogP contribution < -0.4 is 11.2 Å². The molecule has 22 heavy (non-hydrogen) atoms. The lowest BCUT2D eigenvalue weighted by Gasteiger charge is -2.18. The van der Waals surface area contributed by atoms with Crippen LogP contribution in [0, 0.1) is 9.52 Å². The Balaban J connectivity index is 2.34. The third-order valence-electron chi connectivity index (χ3n) is 3.27. The Morgan fingerprint density at radius 3 is 2.59 bits per heavy atom. The van der Waals surface area contributed by atoms with E-state index < -0.39 is 47.6 Å². The van der Waals surface area contributed by atoms with Crippen LogP contribution in [-0.4, -0.2) is 49.2 Å². The number of aromatic amines is 1. The Hall–Kier alpha value is -1.31. The molecule has 2 rings (SSSR count). The van der Waals surface area contributed by atoms with E-state index in [-0.39, 0.29) is 16.5 Å². The van der Waals surface area contributed by atoms with Gasteiger partial charge in [-0.25, -0.2) is 4.79 Å². The van der Waals surface area contributed by atoms with Crippen LogP contribution in [0.25, 0.3) is 0 Å². The molecule has 9 nitrogen and oxygen atoms in total. The summed E-state index contributed by atoms with van der Waals surface area (Å²) in [6.07, 6.45) is -5.89. The van der Waals surface area contributed by atoms with Gasteiger partial charge in [0, 0.05) is 6.42 Å². The molecule has 1 saturated heterocycles. The van der Waals surface area contributed by atoms with Gasteiger partial charge in [-0.3, -0.25) is 19.1 Å². The van der Waals surface area contributed by atoms with Crippen molar-refractivity contribution in [1.29, 1.82) is 0 Å². The number of carboxylic acid groups (broad SMARTS) is 1. The summed E-state index contributed by atoms with van der Waals surface area (Å²) in [4.78, 5) is 35.2. The first kappa shape index (κ1) is 17.1. The third kappa shape index (κ3) is 3.06. The molecule has 122 valence electrons. The van der Waals surface area contributed by atoms with E-state index in [2.05, 4.69) is 0 Å². The van der Waals surface area contributed by atoms with Gasteiger partial charge in [0.05, 0.1) is 6.10 Å². The molecule has 4 atom stereocenters. The Labute approximate surface area is 135 Å². The number of hydrogen-bond acceptors (Lipinski definition) is 6. The number of aliphatic hydroxyl groups excluding tert-OH is 2. The monoisotopic (exact) mass is 430 g/mol. The molecule has 2 heterocycles. The summed E-state index contributed by atoms with van der Waals surface area (Å²) in [6, 6.07) is 0. The van der Waals surface area contributed by atoms with Crippen molar-refractivity contribution in [2.75, 3.05) is 0 Å². The second kappa shape index (κ2) is 6.44. The first-order valence-corrected chi connectivity index (χ1v) is 7.25. The number of nitrogens with one attached hydrogen (secondary N) is 1. The second-order valence-electron chi connectivity index (χ2n) is 4.71. The Kier molecular flexibility index (Phi) is 4.99. The van der Waals surface area contributed by atoms with Crippen molar-refractivity contribution in [3.63, 3.8) is 0 Å². The average molecular weight is 430 g/mol. The minimum absolute atomic E-state index is 0.0960. The van der Waals surface area contributed by atoms with Gasteiger partial charge >= 0.3 is 11.7 Å². The molecule has 0 amide bonds. The molecule has 0 saturated carbocycles. The van der Waals surface area contributed by atoms with Gasteiger partial charge in [0.15, 0.2) is 6.23 Å². The van der Waals surface area contributed by atoms with Crippen LogP contribution in [0.5, 0.6) is 0 Å². The largest absolute Gasteiger partial charge is 0.481 e. The number of rotatable bonds is 4. The summed E-state index contributed by atoms with van der Waals surface area (Å²) < 4.78 is 19.2. The van der Waals surface area contributed by atoms with Crippen LogP contribution in [0.1, 0.15) is 19.1 Å². The number of aliphatic carboxylic acids is 1. The van der Waals surface area contributed by atoms with Crippen LogP contribution in [0.3, 0.4) is 0 Å². The summed E-state index contributed by atoms with van der Waals surface area (Å²) in [5.74, 6) is -2.34. The predicted molar refractivity (Wildman–Crippen MR) is 76.8 cm³/mol. The molecule has 2 unspecified atom stereocenters. The molecular formula is C11H12FIN2O7. The van der Waals surface area contributed by atoms with Gasteiger partial charge in [-0.1, -0.05) is 0 Å². The molecule has 0 aromatic carbocycles. The molecule has 0 bridgehead atoms. The molecule has 0 aliphatic carbocycles. The fraction of sp³-hybridized carbons (Fsp3) is 0.545. The zero-order chi connectivity index (χ0) is 16.6. The first-order chi connectivity index (χ1) is 10.2. The van der Waals surface area contributed by atoms with E-state index in [1.807, 2.05) is 0 Å². The lowest BCUT2D eigenvalue weighted by molar-refractivity contribution is -0.138. The van der Waals surface area contributed by atoms with Gasteiger partial charge in [-0.2, -0.15) is 4.39 Å². The highest BCUT2D eigenvalue weighted by molar-refractivity contribution is 14.1. The highest BCUT2D eigenvalue weighted by Gasteiger charge is 2.44. The van der Waals surface area contributed by atoms with Crippen LogP contribution in [-0.2, 0) is 9.53 Å². The maximum atomic E-state index is 13.6. The van der Waals surface area contributed by atoms with Crippen LogP contribution in [0.4, 0.5) is 4.39 Å². The van der Waals surface area contributed by atoms with Crippen LogP contribution in [0.2, 0.25) is 0 Å². The Bertz CT molecular complexity index is 703. The van der Waals surface area contributed by atoms with E-state index in [1.165, 1.54) is 22.6 Å². The summed E-state index contributed by atoms with van der Waals surface area (Å²) in [5.41, 5.74) is -2.22. The summed E-state index contributed by atoms with van der Waals surface area (Å²) in [5, 5.41) is 28.4. The van der Waals surface area contributed by atoms with E-state index in [4.69, 9.17) is 9.84 Å². The maximum absolute atomic E-state index is 13.6. The first-order valence-electron chi connectivity index (χ1n) is 6.17. The van der Waals surface area contributed by atoms with E-state index in [9.17, 15) is 29.0 Å². The highest BCUT2D eigenvalue weighted by Crippen LogP contribution is 2.31. The summed E-state index contributed by atoms with van der Waals surface area (Å²) >= 11 is 1.40. The van der Waals surface area contributed by atoms with Gasteiger partial charge < -0.3 is 20.1 Å². The van der Waals surface area contributed by atoms with Crippen molar-refractivity contribution < 1.29 is 29.2 Å². The van der Waals surface area contributed by atoms with Crippen molar-refractivity contribution in [3.8, 4) is 0 Å². The number of ether oxygens (including phenoxy) is 1. The molecule has 4 N–H and O–H groups in total. The van der Waals surface area contributed by atoms with Crippen molar-refractivity contribution in [1.82, 2.24) is 9.55 Å². The lowest BCUT2D eigenvalue weighted by Crippen LogP contribution is -2.40. The number of aromatic nitrogens is 2. The number of carbonyl (C=O) groups is 1. The van der Waals surface area contributed by atoms with Crippen molar-refractivity contribution >= 4 is 28.6 Å². The number of carboxylic acids is 1. The van der Waals surface area contributed by atoms with E-state index in [0.717, 1.165) is 0 Å². The molecular weight excluding hydrogens is 418 g/mol. The Morgan fingerprint density at radius 1 is 1.36 bits per heavy atom. The topological polar surface area (TPSA) is 142 Å². The zero-order valence-electron chi connectivity index (χ0n) is 10.9. The minimum atomic E-state index is -1.57. The molecule has 1 aliphatic heterocycles. The van der Waals surface area contributed by atoms with Gasteiger partial charge in [-0.05, 0) is 29.0 Å². The smallest absolute Gasteiger partial charge is 0.331 e. The number of aliphatic hydroxyl groups is 2. The fourth-order valence-electron chi connectivity index (χ4n) is 2.17. The molecule has 1 aromatic heterocycles. The van der Waals surface area contributed by atoms with Gasteiger partial charge in [0.1, 0.15) is 15.9 Å². The van der Waals surface area contributed by atoms with Crippen LogP contribution >= 0.6 is 22.6 Å². The summed E-state index contributed by atoms with van der Waals surface area (Å²) in [6.45, 7) is 0. The number of nitrogens with zero attached hydrogens (tertiary/aromatic N) is 1. The predicted octanol–water partition coefficient (Wildman–Crippen LogP) is -1.24. The summed E-state index contributed by atoms with van der Waals surface area (Å²) in [7, 11) is 0. The second-order valence-corrected chi connectivity index (χ2v) is 5.73. The quantitative estimate of drug-likeness (QED) is 0.346. The van der Waals surface area contributed by atoms with Gasteiger partial charge in [0.2, 0.25) is 5.82 Å². The highest BCUT2D eigenvalue weighted by atomic mass is 127. The van der Waals surface area contributed by atoms with Crippen molar-refractivity contribution in [2.24, 2.45) is 0 Å². The third-order valence-corrected chi connectivity index (χ3v) is 4.26. The lowest BCUT2D eigenvalue weighted by atomic mass is 10.1. The molecule has 1 aromatic rings. The molecule has 1 fully saturated rings. The minimum Gasteiger partial charge on any atom is -0.481 e. The van der Waals surface area contributed by atoms with Crippen molar-refractivity contribution in [3.05, 3.63) is 30.4 Å². The van der Waals surface area contributed by atoms with Crippen molar-refractivity contribution in [2.45, 2.75) is 37.4 Å². The number of hydrogen-bond donors (Lipinski definition) is 4. The Morgan fingerprint density at radius 2 is 2.00 bits per heavy atom. The molecule has 0 radical (unpaired) electrons. The normalized spacial score (nSPS) is 28.0. The van der Waals surface area contributed by atoms with E-state index in [1.54, 1.807) is 4.98 Å². The average Bonchev–Trinajstić information content (AvgIpc) is 2.71. The SMILES string of the molecule is O=C(O)CC[C@@H]1O[C@H](n2c(I)c(F)c(=O)[nH]c2=O)C(O)C1O. The number of halogens is 2. The van der Waals surface area contributed by atoms with Gasteiger partial charge in [0.25, 0.3) is 5.56 Å².